The summed E-state index contributed by atoms with van der Waals surface area (Å²) >= 11 is 5.87. The molecule has 0 saturated carbocycles. The van der Waals surface area contributed by atoms with Crippen molar-refractivity contribution >= 4 is 11.6 Å². The first-order valence-electron chi connectivity index (χ1n) is 5.41. The van der Waals surface area contributed by atoms with E-state index in [-0.39, 0.29) is 23.2 Å². The van der Waals surface area contributed by atoms with Gasteiger partial charge >= 0.3 is 6.18 Å². The van der Waals surface area contributed by atoms with Gasteiger partial charge in [-0.3, -0.25) is 4.68 Å². The van der Waals surface area contributed by atoms with Gasteiger partial charge in [-0.2, -0.15) is 18.3 Å². The molecule has 1 saturated heterocycles. The van der Waals surface area contributed by atoms with Crippen LogP contribution in [0.4, 0.5) is 13.2 Å². The molecule has 0 radical (unpaired) electrons. The van der Waals surface area contributed by atoms with Crippen LogP contribution in [-0.4, -0.2) is 22.4 Å². The quantitative estimate of drug-likeness (QED) is 0.892. The fourth-order valence-electron chi connectivity index (χ4n) is 2.13. The normalized spacial score (nSPS) is 21.1. The molecule has 1 unspecified atom stereocenters. The molecule has 0 aliphatic carbocycles. The molecule has 1 aromatic rings. The lowest BCUT2D eigenvalue weighted by atomic mass is 10.1. The molecule has 96 valence electrons. The summed E-state index contributed by atoms with van der Waals surface area (Å²) in [6.45, 7) is 0.851. The molecule has 17 heavy (non-hydrogen) atoms. The third-order valence-electron chi connectivity index (χ3n) is 2.95. The van der Waals surface area contributed by atoms with E-state index in [1.54, 1.807) is 0 Å². The Morgan fingerprint density at radius 2 is 2.24 bits per heavy atom. The fourth-order valence-corrected chi connectivity index (χ4v) is 2.34. The van der Waals surface area contributed by atoms with Crippen LogP contribution >= 0.6 is 11.6 Å². The molecule has 2 rings (SSSR count). The van der Waals surface area contributed by atoms with Gasteiger partial charge in [-0.25, -0.2) is 0 Å². The Labute approximate surface area is 102 Å². The van der Waals surface area contributed by atoms with E-state index in [9.17, 15) is 13.2 Å². The zero-order valence-corrected chi connectivity index (χ0v) is 10.1. The van der Waals surface area contributed by atoms with Gasteiger partial charge in [0.1, 0.15) is 5.15 Å². The lowest BCUT2D eigenvalue weighted by Crippen LogP contribution is -2.25. The molecule has 7 heteroatoms. The Kier molecular flexibility index (Phi) is 3.36. The van der Waals surface area contributed by atoms with Crippen molar-refractivity contribution in [2.45, 2.75) is 31.5 Å². The predicted molar refractivity (Wildman–Crippen MR) is 57.9 cm³/mol. The van der Waals surface area contributed by atoms with Gasteiger partial charge in [0.25, 0.3) is 0 Å². The molecule has 1 aliphatic rings. The monoisotopic (exact) mass is 267 g/mol. The molecule has 0 aromatic carbocycles. The summed E-state index contributed by atoms with van der Waals surface area (Å²) in [4.78, 5) is 0. The summed E-state index contributed by atoms with van der Waals surface area (Å²) in [5, 5.41) is 6.69. The van der Waals surface area contributed by atoms with E-state index < -0.39 is 11.9 Å². The lowest BCUT2D eigenvalue weighted by Gasteiger charge is -2.11. The third kappa shape index (κ3) is 2.57. The van der Waals surface area contributed by atoms with Crippen molar-refractivity contribution in [2.75, 3.05) is 6.54 Å². The smallest absolute Gasteiger partial charge is 0.314 e. The number of rotatable bonds is 2. The van der Waals surface area contributed by atoms with Crippen molar-refractivity contribution in [3.8, 4) is 0 Å². The van der Waals surface area contributed by atoms with E-state index in [0.29, 0.717) is 0 Å². The van der Waals surface area contributed by atoms with E-state index >= 15 is 0 Å². The first-order chi connectivity index (χ1) is 7.89. The Morgan fingerprint density at radius 3 is 2.76 bits per heavy atom. The number of halogens is 4. The van der Waals surface area contributed by atoms with Gasteiger partial charge in [0.05, 0.1) is 0 Å². The molecule has 1 fully saturated rings. The van der Waals surface area contributed by atoms with Gasteiger partial charge < -0.3 is 5.32 Å². The van der Waals surface area contributed by atoms with Gasteiger partial charge in [-0.1, -0.05) is 11.6 Å². The highest BCUT2D eigenvalue weighted by molar-refractivity contribution is 6.30. The Morgan fingerprint density at radius 1 is 1.53 bits per heavy atom. The second-order valence-corrected chi connectivity index (χ2v) is 4.59. The Balaban J connectivity index is 2.30. The highest BCUT2D eigenvalue weighted by Crippen LogP contribution is 2.35. The summed E-state index contributed by atoms with van der Waals surface area (Å²) in [6, 6.07) is 0.0674. The zero-order chi connectivity index (χ0) is 12.6. The van der Waals surface area contributed by atoms with E-state index in [4.69, 9.17) is 11.6 Å². The first-order valence-corrected chi connectivity index (χ1v) is 5.79. The number of aryl methyl sites for hydroxylation is 1. The summed E-state index contributed by atoms with van der Waals surface area (Å²) < 4.78 is 39.4. The largest absolute Gasteiger partial charge is 0.435 e. The number of aromatic nitrogens is 2. The van der Waals surface area contributed by atoms with Gasteiger partial charge in [0.2, 0.25) is 0 Å². The van der Waals surface area contributed by atoms with Gasteiger partial charge in [-0.05, 0) is 25.8 Å². The molecular weight excluding hydrogens is 255 g/mol. The molecule has 1 atom stereocenters. The van der Waals surface area contributed by atoms with Crippen LogP contribution in [0.3, 0.4) is 0 Å². The average molecular weight is 268 g/mol. The second kappa shape index (κ2) is 4.49. The van der Waals surface area contributed by atoms with Crippen molar-refractivity contribution in [3.05, 3.63) is 16.4 Å². The van der Waals surface area contributed by atoms with Gasteiger partial charge in [-0.15, -0.1) is 0 Å². The maximum absolute atomic E-state index is 12.8. The zero-order valence-electron chi connectivity index (χ0n) is 9.31. The topological polar surface area (TPSA) is 29.9 Å². The maximum atomic E-state index is 12.8. The molecule has 3 nitrogen and oxygen atoms in total. The highest BCUT2D eigenvalue weighted by Gasteiger charge is 2.39. The maximum Gasteiger partial charge on any atom is 0.435 e. The second-order valence-electron chi connectivity index (χ2n) is 4.24. The van der Waals surface area contributed by atoms with Gasteiger partial charge in [0.15, 0.2) is 5.69 Å². The van der Waals surface area contributed by atoms with Crippen molar-refractivity contribution in [1.82, 2.24) is 15.1 Å². The van der Waals surface area contributed by atoms with E-state index in [1.807, 2.05) is 0 Å². The number of nitrogens with zero attached hydrogens (tertiary/aromatic N) is 2. The van der Waals surface area contributed by atoms with Crippen LogP contribution in [0, 0.1) is 0 Å². The van der Waals surface area contributed by atoms with Crippen LogP contribution < -0.4 is 5.32 Å². The summed E-state index contributed by atoms with van der Waals surface area (Å²) in [6.07, 6.45) is -2.30. The Hall–Kier alpha value is -0.750. The third-order valence-corrected chi connectivity index (χ3v) is 3.42. The molecule has 0 spiro atoms. The van der Waals surface area contributed by atoms with E-state index in [2.05, 4.69) is 10.4 Å². The Bertz CT molecular complexity index is 408. The molecular formula is C10H13ClF3N3. The minimum Gasteiger partial charge on any atom is -0.314 e. The lowest BCUT2D eigenvalue weighted by molar-refractivity contribution is -0.142. The summed E-state index contributed by atoms with van der Waals surface area (Å²) in [7, 11) is 1.42. The SMILES string of the molecule is Cn1nc(C(F)(F)F)c(CC2CCCN2)c1Cl. The molecule has 2 heterocycles. The van der Waals surface area contributed by atoms with E-state index in [1.165, 1.54) is 7.05 Å². The van der Waals surface area contributed by atoms with Crippen molar-refractivity contribution in [2.24, 2.45) is 7.05 Å². The highest BCUT2D eigenvalue weighted by atomic mass is 35.5. The van der Waals surface area contributed by atoms with Crippen LogP contribution in [-0.2, 0) is 19.6 Å². The van der Waals surface area contributed by atoms with E-state index in [0.717, 1.165) is 24.1 Å². The standard InChI is InChI=1S/C10H13ClF3N3/c1-17-9(11)7(5-6-3-2-4-15-6)8(16-17)10(12,13)14/h6,15H,2-5H2,1H3. The summed E-state index contributed by atoms with van der Waals surface area (Å²) in [5.41, 5.74) is -0.764. The molecule has 0 amide bonds. The molecule has 0 bridgehead atoms. The minimum absolute atomic E-state index is 0.0674. The first kappa shape index (κ1) is 12.7. The number of nitrogens with one attached hydrogen (secondary N) is 1. The number of alkyl halides is 3. The molecule has 1 N–H and O–H groups in total. The number of hydrogen-bond donors (Lipinski definition) is 1. The van der Waals surface area contributed by atoms with Gasteiger partial charge in [0, 0.05) is 18.7 Å². The van der Waals surface area contributed by atoms with Crippen LogP contribution in [0.5, 0.6) is 0 Å². The summed E-state index contributed by atoms with van der Waals surface area (Å²) in [5.74, 6) is 0. The van der Waals surface area contributed by atoms with Crippen molar-refractivity contribution in [3.63, 3.8) is 0 Å². The predicted octanol–water partition coefficient (Wildman–Crippen LogP) is 2.39. The average Bonchev–Trinajstić information content (AvgIpc) is 2.80. The van der Waals surface area contributed by atoms with Crippen LogP contribution in [0.15, 0.2) is 0 Å². The number of hydrogen-bond acceptors (Lipinski definition) is 2. The molecule has 1 aliphatic heterocycles. The van der Waals surface area contributed by atoms with Crippen LogP contribution in [0.1, 0.15) is 24.1 Å². The van der Waals surface area contributed by atoms with Crippen molar-refractivity contribution < 1.29 is 13.2 Å². The van der Waals surface area contributed by atoms with Crippen LogP contribution in [0.25, 0.3) is 0 Å². The van der Waals surface area contributed by atoms with Crippen LogP contribution in [0.2, 0.25) is 5.15 Å². The fraction of sp³-hybridized carbons (Fsp3) is 0.700. The van der Waals surface area contributed by atoms with Crippen molar-refractivity contribution in [1.29, 1.82) is 0 Å². The minimum atomic E-state index is -4.45. The molecule has 1 aromatic heterocycles.